The van der Waals surface area contributed by atoms with E-state index in [-0.39, 0.29) is 24.8 Å². The second-order valence-electron chi connectivity index (χ2n) is 7.41. The van der Waals surface area contributed by atoms with Crippen LogP contribution in [0.15, 0.2) is 47.7 Å². The van der Waals surface area contributed by atoms with Gasteiger partial charge in [-0.2, -0.15) is 13.2 Å². The first-order valence-electron chi connectivity index (χ1n) is 9.68. The number of piperazine rings is 1. The summed E-state index contributed by atoms with van der Waals surface area (Å²) in [4.78, 5) is 9.96. The summed E-state index contributed by atoms with van der Waals surface area (Å²) in [6, 6.07) is 2.90. The molecule has 4 rings (SSSR count). The second-order valence-corrected chi connectivity index (χ2v) is 7.41. The Balaban J connectivity index is 1.63. The van der Waals surface area contributed by atoms with Crippen molar-refractivity contribution in [1.29, 1.82) is 0 Å². The number of hydrogen-bond donors (Lipinski definition) is 3. The van der Waals surface area contributed by atoms with Crippen molar-refractivity contribution in [3.8, 4) is 0 Å². The van der Waals surface area contributed by atoms with Crippen molar-refractivity contribution in [2.24, 2.45) is 0 Å². The fourth-order valence-electron chi connectivity index (χ4n) is 3.79. The Morgan fingerprint density at radius 3 is 2.63 bits per heavy atom. The molecule has 1 aromatic heterocycles. The number of nitrogens with zero attached hydrogens (tertiary/aromatic N) is 3. The van der Waals surface area contributed by atoms with E-state index in [9.17, 15) is 17.6 Å². The number of benzene rings is 1. The highest BCUT2D eigenvalue weighted by Crippen LogP contribution is 2.34. The van der Waals surface area contributed by atoms with Gasteiger partial charge >= 0.3 is 6.18 Å². The first-order valence-corrected chi connectivity index (χ1v) is 9.68. The predicted octanol–water partition coefficient (Wildman–Crippen LogP) is 2.41. The maximum Gasteiger partial charge on any atom is 0.416 e. The lowest BCUT2D eigenvalue weighted by Gasteiger charge is -2.39. The number of rotatable bonds is 4. The first kappa shape index (κ1) is 20.4. The summed E-state index contributed by atoms with van der Waals surface area (Å²) in [6.07, 6.45) is 0.0346. The van der Waals surface area contributed by atoms with Gasteiger partial charge in [-0.1, -0.05) is 0 Å². The Morgan fingerprint density at radius 1 is 1.20 bits per heavy atom. The fourth-order valence-corrected chi connectivity index (χ4v) is 3.79. The van der Waals surface area contributed by atoms with Crippen molar-refractivity contribution in [3.63, 3.8) is 0 Å². The molecule has 0 radical (unpaired) electrons. The maximum atomic E-state index is 14.5. The van der Waals surface area contributed by atoms with E-state index in [4.69, 9.17) is 0 Å². The van der Waals surface area contributed by atoms with E-state index in [0.717, 1.165) is 0 Å². The number of dihydropyridines is 1. The van der Waals surface area contributed by atoms with Gasteiger partial charge < -0.3 is 20.9 Å². The molecule has 30 heavy (non-hydrogen) atoms. The smallest absolute Gasteiger partial charge is 0.385 e. The van der Waals surface area contributed by atoms with Gasteiger partial charge in [-0.3, -0.25) is 9.97 Å². The molecule has 2 aliphatic rings. The number of fused-ring (bicyclic) bond motifs is 1. The van der Waals surface area contributed by atoms with E-state index >= 15 is 0 Å². The van der Waals surface area contributed by atoms with Gasteiger partial charge in [-0.15, -0.1) is 0 Å². The van der Waals surface area contributed by atoms with Gasteiger partial charge in [-0.25, -0.2) is 4.39 Å². The van der Waals surface area contributed by atoms with Crippen LogP contribution in [0, 0.1) is 5.82 Å². The maximum absolute atomic E-state index is 14.5. The highest BCUT2D eigenvalue weighted by molar-refractivity contribution is 5.74. The van der Waals surface area contributed by atoms with E-state index in [1.165, 1.54) is 24.7 Å². The van der Waals surface area contributed by atoms with Crippen LogP contribution in [-0.2, 0) is 6.54 Å². The van der Waals surface area contributed by atoms with Gasteiger partial charge in [0.25, 0.3) is 0 Å². The third kappa shape index (κ3) is 4.18. The summed E-state index contributed by atoms with van der Waals surface area (Å²) in [6.45, 7) is 3.15. The molecule has 2 aliphatic heterocycles. The monoisotopic (exact) mass is 422 g/mol. The van der Waals surface area contributed by atoms with Crippen LogP contribution in [-0.4, -0.2) is 53.3 Å². The van der Waals surface area contributed by atoms with Gasteiger partial charge in [-0.05, 0) is 13.0 Å². The third-order valence-corrected chi connectivity index (χ3v) is 5.20. The Bertz CT molecular complexity index is 1000. The van der Waals surface area contributed by atoms with Crippen molar-refractivity contribution in [2.75, 3.05) is 26.2 Å². The van der Waals surface area contributed by atoms with Crippen molar-refractivity contribution >= 4 is 11.0 Å². The van der Waals surface area contributed by atoms with Crippen LogP contribution in [0.3, 0.4) is 0 Å². The van der Waals surface area contributed by atoms with E-state index in [0.29, 0.717) is 41.9 Å². The molecule has 2 aromatic rings. The van der Waals surface area contributed by atoms with Crippen LogP contribution in [0.5, 0.6) is 0 Å². The first-order chi connectivity index (χ1) is 14.3. The Kier molecular flexibility index (Phi) is 5.50. The highest BCUT2D eigenvalue weighted by Gasteiger charge is 2.40. The largest absolute Gasteiger partial charge is 0.416 e. The zero-order chi connectivity index (χ0) is 21.3. The fraction of sp³-hybridized carbons (Fsp3) is 0.400. The lowest BCUT2D eigenvalue weighted by molar-refractivity contribution is -0.0952. The minimum atomic E-state index is -4.47. The summed E-state index contributed by atoms with van der Waals surface area (Å²) < 4.78 is 55.7. The topological polar surface area (TPSA) is 65.1 Å². The van der Waals surface area contributed by atoms with E-state index in [2.05, 4.69) is 25.9 Å². The molecule has 10 heteroatoms. The van der Waals surface area contributed by atoms with Gasteiger partial charge in [0, 0.05) is 69.0 Å². The van der Waals surface area contributed by atoms with Gasteiger partial charge in [0.05, 0.1) is 28.0 Å². The Labute approximate surface area is 171 Å². The summed E-state index contributed by atoms with van der Waals surface area (Å²) in [5, 5.41) is 8.93. The zero-order valence-corrected chi connectivity index (χ0v) is 16.4. The Hall–Kier alpha value is -2.88. The number of halogens is 4. The molecule has 160 valence electrons. The van der Waals surface area contributed by atoms with Crippen LogP contribution in [0.25, 0.3) is 11.0 Å². The quantitative estimate of drug-likeness (QED) is 0.658. The van der Waals surface area contributed by atoms with Crippen LogP contribution in [0.4, 0.5) is 17.6 Å². The summed E-state index contributed by atoms with van der Waals surface area (Å²) in [5.41, 5.74) is 1.03. The molecule has 1 fully saturated rings. The highest BCUT2D eigenvalue weighted by atomic mass is 19.4. The molecule has 1 atom stereocenters. The molecule has 1 saturated heterocycles. The van der Waals surface area contributed by atoms with Crippen molar-refractivity contribution in [3.05, 3.63) is 59.1 Å². The molecule has 1 aromatic carbocycles. The van der Waals surface area contributed by atoms with Crippen LogP contribution < -0.4 is 16.0 Å². The van der Waals surface area contributed by atoms with Crippen molar-refractivity contribution < 1.29 is 17.6 Å². The normalized spacial score (nSPS) is 20.2. The van der Waals surface area contributed by atoms with Gasteiger partial charge in [0.1, 0.15) is 5.82 Å². The number of aromatic nitrogens is 2. The molecule has 1 unspecified atom stereocenters. The molecule has 0 saturated carbocycles. The molecule has 3 N–H and O–H groups in total. The van der Waals surface area contributed by atoms with Gasteiger partial charge in [0.2, 0.25) is 0 Å². The minimum Gasteiger partial charge on any atom is -0.385 e. The van der Waals surface area contributed by atoms with E-state index in [1.54, 1.807) is 11.0 Å². The SMILES string of the molecule is CC1CN(C2=C(C(F)(F)F)CNC=C2NCc2cc3nccnc3cc2F)CCN1. The number of nitrogens with one attached hydrogen (secondary N) is 3. The average Bonchev–Trinajstić information content (AvgIpc) is 2.71. The molecule has 0 aliphatic carbocycles. The summed E-state index contributed by atoms with van der Waals surface area (Å²) in [7, 11) is 0. The predicted molar refractivity (Wildman–Crippen MR) is 105 cm³/mol. The Morgan fingerprint density at radius 2 is 1.93 bits per heavy atom. The number of hydrogen-bond acceptors (Lipinski definition) is 6. The average molecular weight is 422 g/mol. The van der Waals surface area contributed by atoms with E-state index in [1.807, 2.05) is 6.92 Å². The third-order valence-electron chi connectivity index (χ3n) is 5.20. The molecule has 3 heterocycles. The number of alkyl halides is 3. The van der Waals surface area contributed by atoms with Crippen LogP contribution in [0.2, 0.25) is 0 Å². The second kappa shape index (κ2) is 8.10. The molecular formula is C20H22F4N6. The molecule has 0 bridgehead atoms. The lowest BCUT2D eigenvalue weighted by atomic mass is 10.0. The molecule has 0 amide bonds. The lowest BCUT2D eigenvalue weighted by Crippen LogP contribution is -2.51. The van der Waals surface area contributed by atoms with Crippen molar-refractivity contribution in [1.82, 2.24) is 30.8 Å². The standard InChI is InChI=1S/C20H22F4N6/c1-12-11-30(5-4-26-12)19-14(20(22,23)24)9-25-10-18(19)29-8-13-6-16-17(7-15(13)21)28-3-2-27-16/h2-3,6-7,10,12,25-26,29H,4-5,8-9,11H2,1H3. The van der Waals surface area contributed by atoms with Gasteiger partial charge in [0.15, 0.2) is 0 Å². The summed E-state index contributed by atoms with van der Waals surface area (Å²) in [5.74, 6) is -0.489. The molecule has 6 nitrogen and oxygen atoms in total. The molecular weight excluding hydrogens is 400 g/mol. The summed E-state index contributed by atoms with van der Waals surface area (Å²) >= 11 is 0. The van der Waals surface area contributed by atoms with Crippen LogP contribution in [0.1, 0.15) is 12.5 Å². The van der Waals surface area contributed by atoms with Crippen molar-refractivity contribution in [2.45, 2.75) is 25.7 Å². The van der Waals surface area contributed by atoms with E-state index < -0.39 is 17.6 Å². The minimum absolute atomic E-state index is 0.0160. The zero-order valence-electron chi connectivity index (χ0n) is 16.4. The van der Waals surface area contributed by atoms with Crippen LogP contribution >= 0.6 is 0 Å². The molecule has 0 spiro atoms.